The molecule has 2 aromatic heterocycles. The lowest BCUT2D eigenvalue weighted by molar-refractivity contribution is 0.0990. The number of aryl methyl sites for hydroxylation is 2. The number of benzene rings is 2. The molecule has 0 spiro atoms. The largest absolute Gasteiger partial charge is 0.358 e. The SMILES string of the molecule is Cc1nnc(S[C@H](C(=O)c2c(C)[nH]c3ccccc23)c2ccccc2)s1. The molecule has 1 atom stereocenters. The predicted octanol–water partition coefficient (Wildman–Crippen LogP) is 5.35. The summed E-state index contributed by atoms with van der Waals surface area (Å²) in [6.07, 6.45) is 0. The first-order valence-electron chi connectivity index (χ1n) is 8.26. The number of nitrogens with zero attached hydrogens (tertiary/aromatic N) is 2. The quantitative estimate of drug-likeness (QED) is 0.375. The Balaban J connectivity index is 1.80. The fourth-order valence-corrected chi connectivity index (χ4v) is 5.12. The highest BCUT2D eigenvalue weighted by molar-refractivity contribution is 8.01. The van der Waals surface area contributed by atoms with Crippen LogP contribution in [0.15, 0.2) is 58.9 Å². The number of para-hydroxylation sites is 1. The molecular weight excluding hydrogens is 362 g/mol. The van der Waals surface area contributed by atoms with E-state index in [1.54, 1.807) is 0 Å². The lowest BCUT2D eigenvalue weighted by atomic mass is 10.00. The van der Waals surface area contributed by atoms with Crippen LogP contribution in [-0.4, -0.2) is 21.0 Å². The van der Waals surface area contributed by atoms with E-state index in [9.17, 15) is 4.79 Å². The van der Waals surface area contributed by atoms with Gasteiger partial charge in [0, 0.05) is 22.2 Å². The van der Waals surface area contributed by atoms with E-state index in [4.69, 9.17) is 0 Å². The maximum Gasteiger partial charge on any atom is 0.183 e. The molecule has 2 aromatic carbocycles. The van der Waals surface area contributed by atoms with Gasteiger partial charge in [0.15, 0.2) is 10.1 Å². The fraction of sp³-hybridized carbons (Fsp3) is 0.150. The fourth-order valence-electron chi connectivity index (χ4n) is 3.05. The minimum absolute atomic E-state index is 0.0870. The molecule has 0 radical (unpaired) electrons. The number of aromatic nitrogens is 3. The second-order valence-corrected chi connectivity index (χ2v) is 8.56. The Kier molecular flexibility index (Phi) is 4.61. The molecule has 4 rings (SSSR count). The summed E-state index contributed by atoms with van der Waals surface area (Å²) in [7, 11) is 0. The van der Waals surface area contributed by atoms with Gasteiger partial charge in [-0.05, 0) is 25.5 Å². The third-order valence-corrected chi connectivity index (χ3v) is 6.38. The van der Waals surface area contributed by atoms with Crippen LogP contribution < -0.4 is 0 Å². The number of carbonyl (C=O) groups is 1. The van der Waals surface area contributed by atoms with Crippen LogP contribution in [0.3, 0.4) is 0 Å². The van der Waals surface area contributed by atoms with E-state index in [2.05, 4.69) is 15.2 Å². The third kappa shape index (κ3) is 3.18. The van der Waals surface area contributed by atoms with Crippen molar-refractivity contribution in [2.45, 2.75) is 23.4 Å². The van der Waals surface area contributed by atoms with Crippen LogP contribution in [0.25, 0.3) is 10.9 Å². The molecule has 0 aliphatic heterocycles. The average molecular weight is 380 g/mol. The number of Topliss-reactive ketones (excluding diaryl/α,β-unsaturated/α-hetero) is 1. The molecule has 26 heavy (non-hydrogen) atoms. The van der Waals surface area contributed by atoms with Gasteiger partial charge in [0.2, 0.25) is 0 Å². The predicted molar refractivity (Wildman–Crippen MR) is 107 cm³/mol. The van der Waals surface area contributed by atoms with Gasteiger partial charge in [-0.15, -0.1) is 10.2 Å². The summed E-state index contributed by atoms with van der Waals surface area (Å²) >= 11 is 2.98. The Hall–Kier alpha value is -2.44. The van der Waals surface area contributed by atoms with E-state index >= 15 is 0 Å². The Morgan fingerprint density at radius 2 is 1.77 bits per heavy atom. The van der Waals surface area contributed by atoms with Crippen molar-refractivity contribution < 1.29 is 4.79 Å². The van der Waals surface area contributed by atoms with Gasteiger partial charge in [0.1, 0.15) is 10.3 Å². The number of hydrogen-bond donors (Lipinski definition) is 1. The lowest BCUT2D eigenvalue weighted by Crippen LogP contribution is -2.11. The van der Waals surface area contributed by atoms with Gasteiger partial charge >= 0.3 is 0 Å². The number of aromatic amines is 1. The number of rotatable bonds is 5. The van der Waals surface area contributed by atoms with Crippen LogP contribution in [0.5, 0.6) is 0 Å². The molecule has 4 nitrogen and oxygen atoms in total. The minimum Gasteiger partial charge on any atom is -0.358 e. The standard InChI is InChI=1S/C20H17N3OS2/c1-12-17(15-10-6-7-11-16(15)21-12)18(24)19(14-8-4-3-5-9-14)26-20-23-22-13(2)25-20/h3-11,19,21H,1-2H3/t19-/m0/s1. The Morgan fingerprint density at radius 3 is 2.50 bits per heavy atom. The summed E-state index contributed by atoms with van der Waals surface area (Å²) in [4.78, 5) is 16.9. The van der Waals surface area contributed by atoms with Crippen molar-refractivity contribution in [2.24, 2.45) is 0 Å². The van der Waals surface area contributed by atoms with E-state index in [1.165, 1.54) is 23.1 Å². The summed E-state index contributed by atoms with van der Waals surface area (Å²) in [5.74, 6) is 0.0870. The molecular formula is C20H17N3OS2. The van der Waals surface area contributed by atoms with Crippen molar-refractivity contribution >= 4 is 39.8 Å². The lowest BCUT2D eigenvalue weighted by Gasteiger charge is -2.15. The molecule has 2 heterocycles. The molecule has 1 N–H and O–H groups in total. The van der Waals surface area contributed by atoms with Gasteiger partial charge in [-0.25, -0.2) is 0 Å². The summed E-state index contributed by atoms with van der Waals surface area (Å²) < 4.78 is 0.808. The summed E-state index contributed by atoms with van der Waals surface area (Å²) in [6, 6.07) is 17.8. The molecule has 0 fully saturated rings. The molecule has 0 saturated heterocycles. The molecule has 130 valence electrons. The zero-order valence-corrected chi connectivity index (χ0v) is 16.0. The first-order chi connectivity index (χ1) is 12.6. The van der Waals surface area contributed by atoms with Crippen LogP contribution >= 0.6 is 23.1 Å². The first kappa shape index (κ1) is 17.0. The maximum absolute atomic E-state index is 13.6. The topological polar surface area (TPSA) is 58.6 Å². The van der Waals surface area contributed by atoms with Gasteiger partial charge in [-0.3, -0.25) is 4.79 Å². The zero-order chi connectivity index (χ0) is 18.1. The van der Waals surface area contributed by atoms with Crippen LogP contribution in [0.1, 0.15) is 31.9 Å². The Labute approximate surface area is 159 Å². The molecule has 0 saturated carbocycles. The van der Waals surface area contributed by atoms with E-state index in [0.717, 1.165) is 37.1 Å². The van der Waals surface area contributed by atoms with Gasteiger partial charge in [-0.1, -0.05) is 71.6 Å². The highest BCUT2D eigenvalue weighted by Crippen LogP contribution is 2.40. The van der Waals surface area contributed by atoms with Gasteiger partial charge < -0.3 is 4.98 Å². The van der Waals surface area contributed by atoms with E-state index < -0.39 is 0 Å². The molecule has 0 aliphatic rings. The van der Waals surface area contributed by atoms with Crippen LogP contribution in [0.2, 0.25) is 0 Å². The number of H-pyrrole nitrogens is 1. The number of fused-ring (bicyclic) bond motifs is 1. The van der Waals surface area contributed by atoms with Gasteiger partial charge in [-0.2, -0.15) is 0 Å². The number of nitrogens with one attached hydrogen (secondary N) is 1. The van der Waals surface area contributed by atoms with Crippen molar-refractivity contribution in [3.05, 3.63) is 76.4 Å². The van der Waals surface area contributed by atoms with Crippen LogP contribution in [0, 0.1) is 13.8 Å². The normalized spacial score (nSPS) is 12.4. The van der Waals surface area contributed by atoms with E-state index in [-0.39, 0.29) is 11.0 Å². The molecule has 0 amide bonds. The number of thioether (sulfide) groups is 1. The Bertz CT molecular complexity index is 1070. The van der Waals surface area contributed by atoms with Crippen molar-refractivity contribution in [1.82, 2.24) is 15.2 Å². The Morgan fingerprint density at radius 1 is 1.04 bits per heavy atom. The smallest absolute Gasteiger partial charge is 0.183 e. The summed E-state index contributed by atoms with van der Waals surface area (Å²) in [5, 5.41) is 9.79. The van der Waals surface area contributed by atoms with E-state index in [0.29, 0.717) is 0 Å². The van der Waals surface area contributed by atoms with Gasteiger partial charge in [0.05, 0.1) is 0 Å². The molecule has 0 aliphatic carbocycles. The number of hydrogen-bond acceptors (Lipinski definition) is 5. The zero-order valence-electron chi connectivity index (χ0n) is 14.4. The van der Waals surface area contributed by atoms with Crippen LogP contribution in [-0.2, 0) is 0 Å². The first-order valence-corrected chi connectivity index (χ1v) is 9.96. The number of ketones is 1. The summed E-state index contributed by atoms with van der Waals surface area (Å²) in [5.41, 5.74) is 3.60. The maximum atomic E-state index is 13.6. The third-order valence-electron chi connectivity index (χ3n) is 4.21. The monoisotopic (exact) mass is 379 g/mol. The average Bonchev–Trinajstić information content (AvgIpc) is 3.21. The second kappa shape index (κ2) is 7.05. The molecule has 0 unspecified atom stereocenters. The van der Waals surface area contributed by atoms with Crippen molar-refractivity contribution in [1.29, 1.82) is 0 Å². The van der Waals surface area contributed by atoms with Crippen molar-refractivity contribution in [3.8, 4) is 0 Å². The highest BCUT2D eigenvalue weighted by atomic mass is 32.2. The van der Waals surface area contributed by atoms with Crippen molar-refractivity contribution in [3.63, 3.8) is 0 Å². The van der Waals surface area contributed by atoms with Crippen LogP contribution in [0.4, 0.5) is 0 Å². The van der Waals surface area contributed by atoms with Crippen molar-refractivity contribution in [2.75, 3.05) is 0 Å². The minimum atomic E-state index is -0.360. The second-order valence-electron chi connectivity index (χ2n) is 6.03. The van der Waals surface area contributed by atoms with Gasteiger partial charge in [0.25, 0.3) is 0 Å². The molecule has 6 heteroatoms. The number of carbonyl (C=O) groups excluding carboxylic acids is 1. The highest BCUT2D eigenvalue weighted by Gasteiger charge is 2.28. The van der Waals surface area contributed by atoms with E-state index in [1.807, 2.05) is 68.4 Å². The molecule has 0 bridgehead atoms. The summed E-state index contributed by atoms with van der Waals surface area (Å²) in [6.45, 7) is 3.87. The molecule has 4 aromatic rings.